The van der Waals surface area contributed by atoms with Crippen molar-refractivity contribution >= 4 is 11.7 Å². The number of carbonyl (C=O) groups excluding carboxylic acids is 2. The number of nitrogens with one attached hydrogen (secondary N) is 1. The van der Waals surface area contributed by atoms with E-state index < -0.39 is 0 Å². The maximum Gasteiger partial charge on any atom is 0.255 e. The molecule has 3 rings (SSSR count). The van der Waals surface area contributed by atoms with Crippen LogP contribution in [0.3, 0.4) is 0 Å². The maximum absolute atomic E-state index is 12.4. The molecule has 0 radical (unpaired) electrons. The predicted octanol–water partition coefficient (Wildman–Crippen LogP) is 3.34. The van der Waals surface area contributed by atoms with E-state index in [0.717, 1.165) is 25.7 Å². The fourth-order valence-corrected chi connectivity index (χ4v) is 3.23. The largest absolute Gasteiger partial charge is 0.465 e. The third-order valence-electron chi connectivity index (χ3n) is 4.33. The Morgan fingerprint density at radius 3 is 2.86 bits per heavy atom. The summed E-state index contributed by atoms with van der Waals surface area (Å²) in [5, 5.41) is 2.95. The maximum atomic E-state index is 12.4. The molecule has 1 amide bonds. The summed E-state index contributed by atoms with van der Waals surface area (Å²) >= 11 is 0. The van der Waals surface area contributed by atoms with Crippen LogP contribution in [0.5, 0.6) is 0 Å². The van der Waals surface area contributed by atoms with Crippen molar-refractivity contribution in [2.24, 2.45) is 0 Å². The van der Waals surface area contributed by atoms with Crippen molar-refractivity contribution in [3.8, 4) is 0 Å². The molecule has 0 bridgehead atoms. The number of fused-ring (bicyclic) bond motifs is 1. The van der Waals surface area contributed by atoms with Crippen LogP contribution in [-0.4, -0.2) is 18.2 Å². The third kappa shape index (κ3) is 2.80. The summed E-state index contributed by atoms with van der Waals surface area (Å²) in [5.41, 5.74) is 2.26. The van der Waals surface area contributed by atoms with Crippen molar-refractivity contribution in [1.29, 1.82) is 0 Å². The van der Waals surface area contributed by atoms with E-state index in [1.807, 2.05) is 0 Å². The quantitative estimate of drug-likeness (QED) is 0.867. The number of hydrogen-bond acceptors (Lipinski definition) is 3. The van der Waals surface area contributed by atoms with Crippen LogP contribution in [-0.2, 0) is 6.42 Å². The Labute approximate surface area is 124 Å². The Morgan fingerprint density at radius 1 is 1.24 bits per heavy atom. The first-order chi connectivity index (χ1) is 10.2. The Balaban J connectivity index is 1.77. The standard InChI is InChI=1S/C17H21NO3/c1-11-15(16-13(19)8-5-9-14(16)21-11)17(20)18-10-12-6-3-2-4-7-12/h6H,2-5,7-10H2,1H3,(H,18,20). The van der Waals surface area contributed by atoms with E-state index in [-0.39, 0.29) is 11.7 Å². The minimum atomic E-state index is -0.181. The number of allylic oxidation sites excluding steroid dienone is 1. The van der Waals surface area contributed by atoms with Crippen molar-refractivity contribution in [1.82, 2.24) is 5.32 Å². The molecule has 0 aromatic carbocycles. The number of hydrogen-bond donors (Lipinski definition) is 1. The van der Waals surface area contributed by atoms with Gasteiger partial charge in [-0.3, -0.25) is 9.59 Å². The van der Waals surface area contributed by atoms with E-state index in [9.17, 15) is 9.59 Å². The predicted molar refractivity (Wildman–Crippen MR) is 79.6 cm³/mol. The SMILES string of the molecule is Cc1oc2c(c1C(=O)NCC1=CCCCC1)C(=O)CCC2. The number of Topliss-reactive ketones (excluding diaryl/α,β-unsaturated/α-hetero) is 1. The van der Waals surface area contributed by atoms with Gasteiger partial charge in [-0.05, 0) is 39.0 Å². The lowest BCUT2D eigenvalue weighted by molar-refractivity contribution is 0.0929. The molecule has 1 heterocycles. The van der Waals surface area contributed by atoms with Crippen LogP contribution in [0.2, 0.25) is 0 Å². The molecular formula is C17H21NO3. The highest BCUT2D eigenvalue weighted by molar-refractivity contribution is 6.10. The van der Waals surface area contributed by atoms with Gasteiger partial charge in [-0.25, -0.2) is 0 Å². The molecule has 0 saturated heterocycles. The first-order valence-electron chi connectivity index (χ1n) is 7.78. The van der Waals surface area contributed by atoms with Crippen molar-refractivity contribution in [3.63, 3.8) is 0 Å². The number of aryl methyl sites for hydroxylation is 2. The summed E-state index contributed by atoms with van der Waals surface area (Å²) in [6.07, 6.45) is 8.88. The lowest BCUT2D eigenvalue weighted by Gasteiger charge is -2.14. The van der Waals surface area contributed by atoms with E-state index in [1.165, 1.54) is 18.4 Å². The number of rotatable bonds is 3. The molecule has 4 heteroatoms. The van der Waals surface area contributed by atoms with Gasteiger partial charge in [0.25, 0.3) is 5.91 Å². The topological polar surface area (TPSA) is 59.3 Å². The number of amides is 1. The molecule has 2 aliphatic carbocycles. The van der Waals surface area contributed by atoms with Crippen LogP contribution >= 0.6 is 0 Å². The summed E-state index contributed by atoms with van der Waals surface area (Å²) in [7, 11) is 0. The summed E-state index contributed by atoms with van der Waals surface area (Å²) in [6, 6.07) is 0. The highest BCUT2D eigenvalue weighted by Crippen LogP contribution is 2.29. The average Bonchev–Trinajstić information content (AvgIpc) is 2.83. The lowest BCUT2D eigenvalue weighted by atomic mass is 9.93. The van der Waals surface area contributed by atoms with Crippen LogP contribution in [0.4, 0.5) is 0 Å². The zero-order valence-electron chi connectivity index (χ0n) is 12.5. The molecule has 1 N–H and O–H groups in total. The van der Waals surface area contributed by atoms with Gasteiger partial charge in [0, 0.05) is 19.4 Å². The molecule has 2 aliphatic rings. The van der Waals surface area contributed by atoms with Gasteiger partial charge >= 0.3 is 0 Å². The third-order valence-corrected chi connectivity index (χ3v) is 4.33. The van der Waals surface area contributed by atoms with Crippen molar-refractivity contribution in [2.75, 3.05) is 6.54 Å². The van der Waals surface area contributed by atoms with Crippen LogP contribution in [0.15, 0.2) is 16.1 Å². The Hall–Kier alpha value is -1.84. The first kappa shape index (κ1) is 14.1. The smallest absolute Gasteiger partial charge is 0.255 e. The molecule has 4 nitrogen and oxygen atoms in total. The highest BCUT2D eigenvalue weighted by Gasteiger charge is 2.30. The Morgan fingerprint density at radius 2 is 2.10 bits per heavy atom. The summed E-state index contributed by atoms with van der Waals surface area (Å²) in [4.78, 5) is 24.5. The van der Waals surface area contributed by atoms with Crippen molar-refractivity contribution in [3.05, 3.63) is 34.3 Å². The normalized spacial score (nSPS) is 18.1. The number of furan rings is 1. The van der Waals surface area contributed by atoms with Crippen molar-refractivity contribution < 1.29 is 14.0 Å². The molecular weight excluding hydrogens is 266 g/mol. The van der Waals surface area contributed by atoms with Gasteiger partial charge < -0.3 is 9.73 Å². The molecule has 1 aromatic rings. The van der Waals surface area contributed by atoms with Gasteiger partial charge in [-0.15, -0.1) is 0 Å². The fourth-order valence-electron chi connectivity index (χ4n) is 3.23. The molecule has 0 spiro atoms. The number of carbonyl (C=O) groups is 2. The van der Waals surface area contributed by atoms with E-state index in [0.29, 0.717) is 35.6 Å². The van der Waals surface area contributed by atoms with Gasteiger partial charge in [0.1, 0.15) is 11.5 Å². The Kier molecular flexibility index (Phi) is 3.95. The van der Waals surface area contributed by atoms with E-state index >= 15 is 0 Å². The van der Waals surface area contributed by atoms with E-state index in [1.54, 1.807) is 6.92 Å². The molecule has 0 saturated carbocycles. The van der Waals surface area contributed by atoms with Crippen LogP contribution in [0, 0.1) is 6.92 Å². The van der Waals surface area contributed by atoms with E-state index in [4.69, 9.17) is 4.42 Å². The Bertz CT molecular complexity index is 610. The van der Waals surface area contributed by atoms with E-state index in [2.05, 4.69) is 11.4 Å². The van der Waals surface area contributed by atoms with Crippen LogP contribution in [0.1, 0.15) is 70.8 Å². The second kappa shape index (κ2) is 5.88. The monoisotopic (exact) mass is 287 g/mol. The molecule has 112 valence electrons. The molecule has 0 unspecified atom stereocenters. The van der Waals surface area contributed by atoms with Gasteiger partial charge in [-0.2, -0.15) is 0 Å². The zero-order valence-corrected chi connectivity index (χ0v) is 12.5. The first-order valence-corrected chi connectivity index (χ1v) is 7.78. The minimum Gasteiger partial charge on any atom is -0.465 e. The van der Waals surface area contributed by atoms with Gasteiger partial charge in [0.2, 0.25) is 0 Å². The second-order valence-corrected chi connectivity index (χ2v) is 5.90. The van der Waals surface area contributed by atoms with Crippen LogP contribution in [0.25, 0.3) is 0 Å². The van der Waals surface area contributed by atoms with Crippen LogP contribution < -0.4 is 5.32 Å². The molecule has 0 aliphatic heterocycles. The lowest BCUT2D eigenvalue weighted by Crippen LogP contribution is -2.28. The summed E-state index contributed by atoms with van der Waals surface area (Å²) in [6.45, 7) is 2.34. The minimum absolute atomic E-state index is 0.0372. The highest BCUT2D eigenvalue weighted by atomic mass is 16.3. The summed E-state index contributed by atoms with van der Waals surface area (Å²) in [5.74, 6) is 1.10. The molecule has 0 atom stereocenters. The zero-order chi connectivity index (χ0) is 14.8. The van der Waals surface area contributed by atoms with Gasteiger partial charge in [-0.1, -0.05) is 11.6 Å². The van der Waals surface area contributed by atoms with Gasteiger partial charge in [0.05, 0.1) is 11.1 Å². The molecule has 1 aromatic heterocycles. The van der Waals surface area contributed by atoms with Crippen molar-refractivity contribution in [2.45, 2.75) is 51.9 Å². The average molecular weight is 287 g/mol. The molecule has 21 heavy (non-hydrogen) atoms. The second-order valence-electron chi connectivity index (χ2n) is 5.90. The number of ketones is 1. The fraction of sp³-hybridized carbons (Fsp3) is 0.529. The summed E-state index contributed by atoms with van der Waals surface area (Å²) < 4.78 is 5.62. The molecule has 0 fully saturated rings. The van der Waals surface area contributed by atoms with Gasteiger partial charge in [0.15, 0.2) is 5.78 Å².